The Labute approximate surface area is 79.4 Å². The molecule has 2 rings (SSSR count). The largest absolute Gasteiger partial charge is 0.423 e. The minimum atomic E-state index is -0.388. The van der Waals surface area contributed by atoms with Gasteiger partial charge in [-0.25, -0.2) is 4.79 Å². The Kier molecular flexibility index (Phi) is 2.02. The quantitative estimate of drug-likeness (QED) is 0.411. The van der Waals surface area contributed by atoms with E-state index in [9.17, 15) is 4.79 Å². The molecule has 0 saturated heterocycles. The number of hydrogen-bond acceptors (Lipinski definition) is 4. The number of rotatable bonds is 2. The Balaban J connectivity index is 2.63. The molecule has 0 radical (unpaired) electrons. The first-order valence-corrected chi connectivity index (χ1v) is 3.96. The van der Waals surface area contributed by atoms with Gasteiger partial charge in [0.1, 0.15) is 5.58 Å². The molecule has 0 fully saturated rings. The van der Waals surface area contributed by atoms with Crippen LogP contribution in [-0.2, 0) is 0 Å². The van der Waals surface area contributed by atoms with Crippen molar-refractivity contribution in [3.8, 4) is 5.75 Å². The minimum Gasteiger partial charge on any atom is -0.423 e. The van der Waals surface area contributed by atoms with E-state index in [-0.39, 0.29) is 5.63 Å². The van der Waals surface area contributed by atoms with Gasteiger partial charge in [-0.3, -0.25) is 0 Å². The van der Waals surface area contributed by atoms with E-state index in [0.717, 1.165) is 5.39 Å². The Morgan fingerprint density at radius 3 is 2.86 bits per heavy atom. The zero-order valence-corrected chi connectivity index (χ0v) is 7.27. The van der Waals surface area contributed by atoms with Crippen LogP contribution in [0, 0.1) is 0 Å². The molecular formula is C10H7NO3. The lowest BCUT2D eigenvalue weighted by molar-refractivity contribution is 0.345. The third-order valence-electron chi connectivity index (χ3n) is 1.76. The highest BCUT2D eigenvalue weighted by Gasteiger charge is 1.99. The summed E-state index contributed by atoms with van der Waals surface area (Å²) in [5.41, 5.74) is 0.0832. The van der Waals surface area contributed by atoms with Gasteiger partial charge in [-0.1, -0.05) is 5.16 Å². The zero-order chi connectivity index (χ0) is 9.97. The normalized spacial score (nSPS) is 10.0. The lowest BCUT2D eigenvalue weighted by Crippen LogP contribution is -1.94. The number of benzene rings is 1. The summed E-state index contributed by atoms with van der Waals surface area (Å²) in [5.74, 6) is 0.488. The molecule has 0 bridgehead atoms. The first-order chi connectivity index (χ1) is 6.79. The van der Waals surface area contributed by atoms with Gasteiger partial charge >= 0.3 is 5.63 Å². The van der Waals surface area contributed by atoms with Crippen LogP contribution in [0.25, 0.3) is 11.0 Å². The van der Waals surface area contributed by atoms with Crippen molar-refractivity contribution in [2.75, 3.05) is 0 Å². The molecule has 0 spiro atoms. The number of oxime groups is 1. The fourth-order valence-electron chi connectivity index (χ4n) is 1.17. The van der Waals surface area contributed by atoms with Gasteiger partial charge in [0.2, 0.25) is 0 Å². The Bertz CT molecular complexity index is 530. The second-order valence-electron chi connectivity index (χ2n) is 2.67. The van der Waals surface area contributed by atoms with Crippen LogP contribution in [0.3, 0.4) is 0 Å². The highest BCUT2D eigenvalue weighted by molar-refractivity contribution is 5.77. The molecule has 1 aromatic carbocycles. The lowest BCUT2D eigenvalue weighted by atomic mass is 10.2. The Morgan fingerprint density at radius 1 is 1.29 bits per heavy atom. The zero-order valence-electron chi connectivity index (χ0n) is 7.27. The molecular weight excluding hydrogens is 182 g/mol. The fourth-order valence-corrected chi connectivity index (χ4v) is 1.17. The predicted octanol–water partition coefficient (Wildman–Crippen LogP) is 1.79. The minimum absolute atomic E-state index is 0.388. The van der Waals surface area contributed by atoms with Crippen molar-refractivity contribution in [2.45, 2.75) is 0 Å². The second kappa shape index (κ2) is 3.33. The van der Waals surface area contributed by atoms with E-state index in [1.165, 1.54) is 6.07 Å². The second-order valence-corrected chi connectivity index (χ2v) is 2.67. The Morgan fingerprint density at radius 2 is 2.07 bits per heavy atom. The molecule has 0 aliphatic rings. The van der Waals surface area contributed by atoms with Crippen LogP contribution in [0.4, 0.5) is 0 Å². The summed E-state index contributed by atoms with van der Waals surface area (Å²) in [6.45, 7) is 3.19. The molecule has 0 aliphatic carbocycles. The third kappa shape index (κ3) is 1.50. The third-order valence-corrected chi connectivity index (χ3v) is 1.76. The van der Waals surface area contributed by atoms with E-state index in [0.29, 0.717) is 11.3 Å². The van der Waals surface area contributed by atoms with Crippen LogP contribution >= 0.6 is 0 Å². The molecule has 0 saturated carbocycles. The molecule has 1 heterocycles. The van der Waals surface area contributed by atoms with Gasteiger partial charge in [-0.15, -0.1) is 0 Å². The number of fused-ring (bicyclic) bond motifs is 1. The first-order valence-electron chi connectivity index (χ1n) is 3.96. The van der Waals surface area contributed by atoms with E-state index in [2.05, 4.69) is 11.9 Å². The number of hydrogen-bond donors (Lipinski definition) is 0. The van der Waals surface area contributed by atoms with Crippen molar-refractivity contribution in [2.24, 2.45) is 5.16 Å². The molecule has 0 unspecified atom stereocenters. The SMILES string of the molecule is C=NOc1ccc2ccc(=O)oc2c1. The lowest BCUT2D eigenvalue weighted by Gasteiger charge is -1.98. The average molecular weight is 189 g/mol. The van der Waals surface area contributed by atoms with Crippen LogP contribution < -0.4 is 10.5 Å². The summed E-state index contributed by atoms with van der Waals surface area (Å²) >= 11 is 0. The van der Waals surface area contributed by atoms with Gasteiger partial charge in [-0.05, 0) is 18.2 Å². The molecule has 1 aromatic heterocycles. The van der Waals surface area contributed by atoms with Crippen LogP contribution in [0.2, 0.25) is 0 Å². The predicted molar refractivity (Wildman–Crippen MR) is 52.7 cm³/mol. The van der Waals surface area contributed by atoms with Crippen LogP contribution in [0.15, 0.2) is 44.7 Å². The van der Waals surface area contributed by atoms with Crippen LogP contribution in [0.1, 0.15) is 0 Å². The molecule has 0 atom stereocenters. The molecule has 0 amide bonds. The van der Waals surface area contributed by atoms with Gasteiger partial charge in [0.05, 0.1) is 0 Å². The maximum atomic E-state index is 10.9. The smallest absolute Gasteiger partial charge is 0.336 e. The summed E-state index contributed by atoms with van der Waals surface area (Å²) in [7, 11) is 0. The van der Waals surface area contributed by atoms with E-state index >= 15 is 0 Å². The fraction of sp³-hybridized carbons (Fsp3) is 0. The Hall–Kier alpha value is -2.10. The van der Waals surface area contributed by atoms with E-state index < -0.39 is 0 Å². The summed E-state index contributed by atoms with van der Waals surface area (Å²) in [6, 6.07) is 8.14. The monoisotopic (exact) mass is 189 g/mol. The summed E-state index contributed by atoms with van der Waals surface area (Å²) in [4.78, 5) is 15.7. The maximum absolute atomic E-state index is 10.9. The topological polar surface area (TPSA) is 51.8 Å². The van der Waals surface area contributed by atoms with E-state index in [1.807, 2.05) is 0 Å². The molecule has 2 aromatic rings. The maximum Gasteiger partial charge on any atom is 0.336 e. The van der Waals surface area contributed by atoms with Gasteiger partial charge in [-0.2, -0.15) is 0 Å². The molecule has 4 nitrogen and oxygen atoms in total. The van der Waals surface area contributed by atoms with Crippen molar-refractivity contribution < 1.29 is 9.25 Å². The van der Waals surface area contributed by atoms with Crippen LogP contribution in [-0.4, -0.2) is 6.72 Å². The number of nitrogens with zero attached hydrogens (tertiary/aromatic N) is 1. The average Bonchev–Trinajstić information content (AvgIpc) is 2.17. The summed E-state index contributed by atoms with van der Waals surface area (Å²) < 4.78 is 4.95. The van der Waals surface area contributed by atoms with Gasteiger partial charge in [0.25, 0.3) is 0 Å². The van der Waals surface area contributed by atoms with Crippen molar-refractivity contribution >= 4 is 17.7 Å². The first kappa shape index (κ1) is 8.50. The van der Waals surface area contributed by atoms with Gasteiger partial charge < -0.3 is 9.25 Å². The van der Waals surface area contributed by atoms with Gasteiger partial charge in [0, 0.05) is 24.2 Å². The highest BCUT2D eigenvalue weighted by Crippen LogP contribution is 2.19. The van der Waals surface area contributed by atoms with Gasteiger partial charge in [0.15, 0.2) is 5.75 Å². The van der Waals surface area contributed by atoms with E-state index in [4.69, 9.17) is 9.25 Å². The highest BCUT2D eigenvalue weighted by atomic mass is 16.6. The molecule has 4 heteroatoms. The van der Waals surface area contributed by atoms with Crippen molar-refractivity contribution in [1.82, 2.24) is 0 Å². The van der Waals surface area contributed by atoms with E-state index in [1.54, 1.807) is 24.3 Å². The summed E-state index contributed by atoms with van der Waals surface area (Å²) in [5, 5.41) is 4.10. The van der Waals surface area contributed by atoms with Crippen molar-refractivity contribution in [3.05, 3.63) is 40.8 Å². The molecule has 0 N–H and O–H groups in total. The van der Waals surface area contributed by atoms with Crippen LogP contribution in [0.5, 0.6) is 5.75 Å². The molecule has 0 aliphatic heterocycles. The van der Waals surface area contributed by atoms with Crippen molar-refractivity contribution in [3.63, 3.8) is 0 Å². The molecule has 70 valence electrons. The standard InChI is InChI=1S/C10H7NO3/c1-11-14-8-4-2-7-3-5-10(12)13-9(7)6-8/h2-6H,1H2. The molecule has 14 heavy (non-hydrogen) atoms. The van der Waals surface area contributed by atoms with Crippen molar-refractivity contribution in [1.29, 1.82) is 0 Å². The summed E-state index contributed by atoms with van der Waals surface area (Å²) in [6.07, 6.45) is 0.